The van der Waals surface area contributed by atoms with Crippen LogP contribution in [-0.2, 0) is 33.1 Å². The van der Waals surface area contributed by atoms with Gasteiger partial charge in [-0.1, -0.05) is 47.0 Å². The molecule has 5 heterocycles. The van der Waals surface area contributed by atoms with Gasteiger partial charge in [-0.15, -0.1) is 22.1 Å². The number of allylic oxidation sites excluding steroid dienone is 3. The van der Waals surface area contributed by atoms with Crippen molar-refractivity contribution in [2.45, 2.75) is 53.4 Å². The Morgan fingerprint density at radius 2 is 1.46 bits per heavy atom. The zero-order valence-corrected chi connectivity index (χ0v) is 23.0. The van der Waals surface area contributed by atoms with Gasteiger partial charge in [0.2, 0.25) is 0 Å². The fourth-order valence-corrected chi connectivity index (χ4v) is 4.96. The minimum Gasteiger partial charge on any atom is -0.658 e. The molecule has 2 aliphatic heterocycles. The van der Waals surface area contributed by atoms with E-state index in [0.29, 0.717) is 24.1 Å². The third kappa shape index (κ3) is 5.75. The number of nitrogens with zero attached hydrogens (tertiary/aromatic N) is 4. The first-order valence-corrected chi connectivity index (χ1v) is 12.5. The van der Waals surface area contributed by atoms with E-state index in [1.807, 2.05) is 64.1 Å². The van der Waals surface area contributed by atoms with Crippen molar-refractivity contribution in [1.82, 2.24) is 19.9 Å². The summed E-state index contributed by atoms with van der Waals surface area (Å²) in [5, 5.41) is 18.7. The summed E-state index contributed by atoms with van der Waals surface area (Å²) in [6.07, 6.45) is 2.59. The fraction of sp³-hybridized carbons (Fsp3) is 0.267. The summed E-state index contributed by atoms with van der Waals surface area (Å²) in [4.78, 5) is 42.2. The van der Waals surface area contributed by atoms with Crippen LogP contribution in [0.3, 0.4) is 0 Å². The van der Waals surface area contributed by atoms with Gasteiger partial charge in [0.1, 0.15) is 0 Å². The SMILES string of the molecule is CC1=Cc2cc3[n-]c(cc4nc(cc5[n-]c(cc1n2)cc5C)C(C)=C4CCC(=O)O)c(CCC(=O)O)c3C.[Cu]. The van der Waals surface area contributed by atoms with Gasteiger partial charge in [-0.05, 0) is 63.3 Å². The normalized spacial score (nSPS) is 12.8. The Hall–Kier alpha value is -3.94. The molecule has 0 unspecified atom stereocenters. The van der Waals surface area contributed by atoms with Gasteiger partial charge in [0.25, 0.3) is 0 Å². The summed E-state index contributed by atoms with van der Waals surface area (Å²) in [6, 6.07) is 9.67. The summed E-state index contributed by atoms with van der Waals surface area (Å²) in [5.41, 5.74) is 11.4. The molecule has 0 amide bonds. The van der Waals surface area contributed by atoms with Gasteiger partial charge in [0, 0.05) is 29.9 Å². The Morgan fingerprint density at radius 1 is 0.769 bits per heavy atom. The first-order valence-electron chi connectivity index (χ1n) is 12.5. The van der Waals surface area contributed by atoms with Crippen molar-refractivity contribution in [3.63, 3.8) is 0 Å². The molecule has 0 atom stereocenters. The average Bonchev–Trinajstić information content (AvgIpc) is 3.53. The van der Waals surface area contributed by atoms with Crippen LogP contribution in [-0.4, -0.2) is 32.1 Å². The fourth-order valence-electron chi connectivity index (χ4n) is 4.96. The standard InChI is InChI=1S/C30H30N4O4.Cu/c1-15-9-20-12-25-17(3)21(5-7-29(35)36)27(33-25)14-28-22(6-8-30(37)38)18(4)26(34-28)13-24-16(2)10-19(32-24)11-23(15)31-20;/h9-14H,5-8H2,1-4H3,(H4,31,32,33,34,35,36,37,38);/p-2. The van der Waals surface area contributed by atoms with Crippen molar-refractivity contribution >= 4 is 56.8 Å². The maximum Gasteiger partial charge on any atom is 0.303 e. The van der Waals surface area contributed by atoms with Crippen molar-refractivity contribution in [1.29, 1.82) is 0 Å². The molecule has 0 saturated heterocycles. The molecule has 0 aromatic carbocycles. The van der Waals surface area contributed by atoms with E-state index in [0.717, 1.165) is 67.0 Å². The molecule has 3 aromatic rings. The minimum atomic E-state index is -0.882. The molecule has 0 fully saturated rings. The smallest absolute Gasteiger partial charge is 0.303 e. The molecule has 3 aromatic heterocycles. The maximum atomic E-state index is 11.4. The van der Waals surface area contributed by atoms with Crippen molar-refractivity contribution < 1.29 is 36.9 Å². The third-order valence-corrected chi connectivity index (χ3v) is 7.10. The first-order chi connectivity index (χ1) is 18.1. The number of hydrogen-bond acceptors (Lipinski definition) is 4. The van der Waals surface area contributed by atoms with E-state index in [1.165, 1.54) is 0 Å². The van der Waals surface area contributed by atoms with Gasteiger partial charge >= 0.3 is 11.9 Å². The summed E-state index contributed by atoms with van der Waals surface area (Å²) in [6.45, 7) is 7.89. The van der Waals surface area contributed by atoms with Crippen molar-refractivity contribution in [2.75, 3.05) is 0 Å². The van der Waals surface area contributed by atoms with Crippen LogP contribution in [0.25, 0.3) is 44.9 Å². The van der Waals surface area contributed by atoms with Crippen LogP contribution < -0.4 is 9.97 Å². The number of aromatic nitrogens is 4. The molecule has 8 bridgehead atoms. The monoisotopic (exact) mass is 571 g/mol. The average molecular weight is 572 g/mol. The summed E-state index contributed by atoms with van der Waals surface area (Å²) in [7, 11) is 0. The summed E-state index contributed by atoms with van der Waals surface area (Å²) in [5.74, 6) is -1.76. The quantitative estimate of drug-likeness (QED) is 0.368. The van der Waals surface area contributed by atoms with E-state index in [1.54, 1.807) is 0 Å². The minimum absolute atomic E-state index is 0. The zero-order chi connectivity index (χ0) is 27.1. The van der Waals surface area contributed by atoms with Gasteiger partial charge < -0.3 is 20.2 Å². The van der Waals surface area contributed by atoms with Crippen LogP contribution in [0.1, 0.15) is 72.6 Å². The molecular formula is C30H28CuN4O4-2. The van der Waals surface area contributed by atoms with Crippen LogP contribution in [0.5, 0.6) is 0 Å². The number of hydrogen-bond donors (Lipinski definition) is 2. The number of aliphatic carboxylic acids is 2. The van der Waals surface area contributed by atoms with Gasteiger partial charge in [-0.3, -0.25) is 9.59 Å². The van der Waals surface area contributed by atoms with Gasteiger partial charge in [-0.2, -0.15) is 0 Å². The number of carbonyl (C=O) groups is 2. The molecule has 0 saturated carbocycles. The molecular weight excluding hydrogens is 544 g/mol. The third-order valence-electron chi connectivity index (χ3n) is 7.10. The van der Waals surface area contributed by atoms with Crippen LogP contribution in [0.15, 0.2) is 30.3 Å². The Bertz CT molecular complexity index is 1730. The second-order valence-electron chi connectivity index (χ2n) is 9.84. The Balaban J connectivity index is 0.00000353. The number of fused-ring (bicyclic) bond motifs is 8. The maximum absolute atomic E-state index is 11.4. The second kappa shape index (κ2) is 11.0. The van der Waals surface area contributed by atoms with E-state index in [-0.39, 0.29) is 29.9 Å². The van der Waals surface area contributed by atoms with Crippen LogP contribution in [0, 0.1) is 13.8 Å². The molecule has 2 N–H and O–H groups in total. The molecule has 0 spiro atoms. The van der Waals surface area contributed by atoms with Gasteiger partial charge in [0.05, 0.1) is 22.8 Å². The Kier molecular flexibility index (Phi) is 7.95. The zero-order valence-electron chi connectivity index (χ0n) is 22.1. The topological polar surface area (TPSA) is 129 Å². The van der Waals surface area contributed by atoms with Gasteiger partial charge in [-0.25, -0.2) is 9.97 Å². The molecule has 8 nitrogen and oxygen atoms in total. The molecule has 2 aliphatic rings. The predicted octanol–water partition coefficient (Wildman–Crippen LogP) is 5.56. The van der Waals surface area contributed by atoms with Crippen LogP contribution in [0.2, 0.25) is 0 Å². The molecule has 0 aliphatic carbocycles. The van der Waals surface area contributed by atoms with E-state index in [4.69, 9.17) is 19.9 Å². The largest absolute Gasteiger partial charge is 0.658 e. The van der Waals surface area contributed by atoms with E-state index in [2.05, 4.69) is 0 Å². The van der Waals surface area contributed by atoms with Crippen LogP contribution >= 0.6 is 0 Å². The Morgan fingerprint density at radius 3 is 2.18 bits per heavy atom. The molecule has 1 radical (unpaired) electrons. The first kappa shape index (κ1) is 28.1. The summed E-state index contributed by atoms with van der Waals surface area (Å²) >= 11 is 0. The molecule has 5 rings (SSSR count). The molecule has 205 valence electrons. The number of carboxylic acids is 2. The van der Waals surface area contributed by atoms with Crippen molar-refractivity contribution in [3.05, 3.63) is 69.8 Å². The second-order valence-corrected chi connectivity index (χ2v) is 9.84. The predicted molar refractivity (Wildman–Crippen MR) is 147 cm³/mol. The van der Waals surface area contributed by atoms with Crippen LogP contribution in [0.4, 0.5) is 0 Å². The van der Waals surface area contributed by atoms with E-state index in [9.17, 15) is 19.8 Å². The number of aryl methyl sites for hydroxylation is 3. The van der Waals surface area contributed by atoms with Crippen molar-refractivity contribution in [3.8, 4) is 0 Å². The Labute approximate surface area is 236 Å². The summed E-state index contributed by atoms with van der Waals surface area (Å²) < 4.78 is 0. The molecule has 9 heteroatoms. The number of carboxylic acid groups (broad SMARTS) is 2. The van der Waals surface area contributed by atoms with Crippen molar-refractivity contribution in [2.24, 2.45) is 0 Å². The van der Waals surface area contributed by atoms with E-state index < -0.39 is 11.9 Å². The van der Waals surface area contributed by atoms with Gasteiger partial charge in [0.15, 0.2) is 0 Å². The number of rotatable bonds is 6. The molecule has 39 heavy (non-hydrogen) atoms. The van der Waals surface area contributed by atoms with E-state index >= 15 is 0 Å².